The van der Waals surface area contributed by atoms with Gasteiger partial charge in [0.15, 0.2) is 0 Å². The quantitative estimate of drug-likeness (QED) is 0.674. The molecular weight excluding hydrogens is 272 g/mol. The zero-order chi connectivity index (χ0) is 12.0. The van der Waals surface area contributed by atoms with Crippen LogP contribution in [0.5, 0.6) is 0 Å². The number of hydrogen-bond donors (Lipinski definition) is 0. The van der Waals surface area contributed by atoms with Gasteiger partial charge in [-0.1, -0.05) is 22.8 Å². The monoisotopic (exact) mass is 288 g/mol. The second-order valence-corrected chi connectivity index (χ2v) is 12.1. The van der Waals surface area contributed by atoms with Crippen molar-refractivity contribution in [3.05, 3.63) is 49.1 Å². The van der Waals surface area contributed by atoms with Gasteiger partial charge in [0, 0.05) is 0 Å². The van der Waals surface area contributed by atoms with Crippen LogP contribution < -0.4 is 0 Å². The van der Waals surface area contributed by atoms with E-state index in [9.17, 15) is 0 Å². The molecule has 0 aromatic rings. The second-order valence-electron chi connectivity index (χ2n) is 2.96. The predicted molar refractivity (Wildman–Crippen MR) is 73.7 cm³/mol. The molecule has 0 aromatic carbocycles. The summed E-state index contributed by atoms with van der Waals surface area (Å²) in [5.74, 6) is 0. The zero-order valence-corrected chi connectivity index (χ0v) is 13.7. The summed E-state index contributed by atoms with van der Waals surface area (Å²) < 4.78 is 23.0. The molecule has 0 spiro atoms. The molecule has 1 aliphatic heterocycles. The van der Waals surface area contributed by atoms with Crippen molar-refractivity contribution in [2.24, 2.45) is 0 Å². The summed E-state index contributed by atoms with van der Waals surface area (Å²) in [5, 5.41) is 0. The molecule has 0 bridgehead atoms. The molecule has 8 heteroatoms. The average Bonchev–Trinajstić information content (AvgIpc) is 2.29. The van der Waals surface area contributed by atoms with Crippen molar-refractivity contribution < 1.29 is 16.5 Å². The smallest absolute Gasteiger partial charge is 0.330 e. The lowest BCUT2D eigenvalue weighted by atomic mass is 11.3. The highest BCUT2D eigenvalue weighted by Crippen LogP contribution is 2.09. The molecule has 16 heavy (non-hydrogen) atoms. The Hall–Kier alpha value is -0.332. The van der Waals surface area contributed by atoms with Crippen molar-refractivity contribution in [3.8, 4) is 0 Å². The first-order valence-corrected chi connectivity index (χ1v) is 11.3. The summed E-state index contributed by atoms with van der Waals surface area (Å²) >= 11 is 0. The van der Waals surface area contributed by atoms with Crippen LogP contribution in [0, 0.1) is 0 Å². The Kier molecular flexibility index (Phi) is 6.08. The van der Waals surface area contributed by atoms with E-state index >= 15 is 0 Å². The zero-order valence-electron chi connectivity index (χ0n) is 9.08. The first kappa shape index (κ1) is 13.7. The summed E-state index contributed by atoms with van der Waals surface area (Å²) in [6.45, 7) is 14.8. The Morgan fingerprint density at radius 3 is 0.812 bits per heavy atom. The van der Waals surface area contributed by atoms with Crippen molar-refractivity contribution in [3.63, 3.8) is 0 Å². The van der Waals surface area contributed by atoms with Crippen molar-refractivity contribution in [2.75, 3.05) is 0 Å². The SMILES string of the molecule is C=C[SiH]1O[SiH](C=C)O[SiH](C=C)O[SiH](C=C)O1. The van der Waals surface area contributed by atoms with Gasteiger partial charge in [-0.15, -0.1) is 26.3 Å². The summed E-state index contributed by atoms with van der Waals surface area (Å²) in [4.78, 5) is 0. The fraction of sp³-hybridized carbons (Fsp3) is 0. The molecule has 0 aromatic heterocycles. The Labute approximate surface area is 103 Å². The Morgan fingerprint density at radius 2 is 0.688 bits per heavy atom. The lowest BCUT2D eigenvalue weighted by molar-refractivity contribution is 0.306. The van der Waals surface area contributed by atoms with Gasteiger partial charge in [-0.05, 0) is 0 Å². The summed E-state index contributed by atoms with van der Waals surface area (Å²) in [6.07, 6.45) is 0. The maximum atomic E-state index is 5.74. The van der Waals surface area contributed by atoms with Crippen LogP contribution in [0.15, 0.2) is 49.1 Å². The van der Waals surface area contributed by atoms with Crippen LogP contribution in [0.4, 0.5) is 0 Å². The Bertz CT molecular complexity index is 221. The van der Waals surface area contributed by atoms with Gasteiger partial charge in [0.05, 0.1) is 0 Å². The molecule has 0 radical (unpaired) electrons. The number of hydrogen-bond acceptors (Lipinski definition) is 4. The van der Waals surface area contributed by atoms with Crippen LogP contribution in [0.3, 0.4) is 0 Å². The molecule has 0 amide bonds. The predicted octanol–water partition coefficient (Wildman–Crippen LogP) is -0.151. The largest absolute Gasteiger partial charge is 0.414 e. The summed E-state index contributed by atoms with van der Waals surface area (Å²) in [6, 6.07) is 0. The third kappa shape index (κ3) is 3.92. The van der Waals surface area contributed by atoms with Crippen molar-refractivity contribution in [2.45, 2.75) is 0 Å². The van der Waals surface area contributed by atoms with Crippen LogP contribution >= 0.6 is 0 Å². The van der Waals surface area contributed by atoms with Gasteiger partial charge in [-0.2, -0.15) is 0 Å². The first-order valence-electron chi connectivity index (χ1n) is 4.85. The molecule has 1 aliphatic rings. The fourth-order valence-corrected chi connectivity index (χ4v) is 12.2. The van der Waals surface area contributed by atoms with Crippen LogP contribution in [0.2, 0.25) is 0 Å². The van der Waals surface area contributed by atoms with E-state index in [1.54, 1.807) is 22.8 Å². The van der Waals surface area contributed by atoms with Crippen LogP contribution in [-0.4, -0.2) is 37.1 Å². The van der Waals surface area contributed by atoms with Gasteiger partial charge in [-0.25, -0.2) is 0 Å². The van der Waals surface area contributed by atoms with E-state index in [0.29, 0.717) is 0 Å². The molecule has 0 atom stereocenters. The van der Waals surface area contributed by atoms with Crippen molar-refractivity contribution >= 4 is 37.1 Å². The highest BCUT2D eigenvalue weighted by molar-refractivity contribution is 6.79. The molecule has 0 unspecified atom stereocenters. The van der Waals surface area contributed by atoms with E-state index in [4.69, 9.17) is 16.5 Å². The second kappa shape index (κ2) is 7.08. The van der Waals surface area contributed by atoms with E-state index in [-0.39, 0.29) is 0 Å². The van der Waals surface area contributed by atoms with E-state index in [1.165, 1.54) is 0 Å². The van der Waals surface area contributed by atoms with Crippen molar-refractivity contribution in [1.29, 1.82) is 0 Å². The molecule has 1 saturated heterocycles. The van der Waals surface area contributed by atoms with Gasteiger partial charge >= 0.3 is 37.1 Å². The lowest BCUT2D eigenvalue weighted by Gasteiger charge is -2.29. The minimum Gasteiger partial charge on any atom is -0.414 e. The van der Waals surface area contributed by atoms with Gasteiger partial charge in [-0.3, -0.25) is 0 Å². The maximum Gasteiger partial charge on any atom is 0.330 e. The summed E-state index contributed by atoms with van der Waals surface area (Å²) in [7, 11) is -7.54. The molecule has 4 nitrogen and oxygen atoms in total. The third-order valence-corrected chi connectivity index (χ3v) is 12.0. The van der Waals surface area contributed by atoms with Gasteiger partial charge in [0.25, 0.3) is 0 Å². The number of rotatable bonds is 4. The molecule has 1 rings (SSSR count). The molecule has 0 saturated carbocycles. The Balaban J connectivity index is 2.75. The van der Waals surface area contributed by atoms with Gasteiger partial charge < -0.3 is 16.5 Å². The standard InChI is InChI=1S/C8H16O4Si4/c1-5-13-9-14(6-2)11-16(8-4)12-15(7-3)10-13/h5-8,13-16H,1-4H2. The maximum absolute atomic E-state index is 5.74. The highest BCUT2D eigenvalue weighted by atomic mass is 28.5. The van der Waals surface area contributed by atoms with Gasteiger partial charge in [0.2, 0.25) is 0 Å². The molecule has 0 N–H and O–H groups in total. The van der Waals surface area contributed by atoms with Crippen molar-refractivity contribution in [1.82, 2.24) is 0 Å². The first-order chi connectivity index (χ1) is 7.73. The van der Waals surface area contributed by atoms with Crippen LogP contribution in [0.1, 0.15) is 0 Å². The van der Waals surface area contributed by atoms with E-state index in [1.807, 2.05) is 0 Å². The van der Waals surface area contributed by atoms with E-state index in [0.717, 1.165) is 0 Å². The molecule has 1 heterocycles. The molecular formula is C8H16O4Si4. The topological polar surface area (TPSA) is 36.9 Å². The Morgan fingerprint density at radius 1 is 0.500 bits per heavy atom. The molecule has 0 aliphatic carbocycles. The third-order valence-electron chi connectivity index (χ3n) is 1.84. The van der Waals surface area contributed by atoms with E-state index < -0.39 is 37.1 Å². The van der Waals surface area contributed by atoms with Crippen LogP contribution in [-0.2, 0) is 16.5 Å². The minimum absolute atomic E-state index is 1.72. The normalized spacial score (nSPS) is 35.5. The molecule has 1 fully saturated rings. The molecule has 88 valence electrons. The van der Waals surface area contributed by atoms with Gasteiger partial charge in [0.1, 0.15) is 0 Å². The minimum atomic E-state index is -1.89. The lowest BCUT2D eigenvalue weighted by Crippen LogP contribution is -2.46. The highest BCUT2D eigenvalue weighted by Gasteiger charge is 2.29. The van der Waals surface area contributed by atoms with E-state index in [2.05, 4.69) is 26.3 Å². The average molecular weight is 289 g/mol. The fourth-order valence-electron chi connectivity index (χ4n) is 1.10. The van der Waals surface area contributed by atoms with Crippen LogP contribution in [0.25, 0.3) is 0 Å². The summed E-state index contributed by atoms with van der Waals surface area (Å²) in [5.41, 5.74) is 6.87.